The van der Waals surface area contributed by atoms with E-state index >= 15 is 0 Å². The summed E-state index contributed by atoms with van der Waals surface area (Å²) in [6.45, 7) is 6.05. The summed E-state index contributed by atoms with van der Waals surface area (Å²) in [5, 5.41) is 3.61. The van der Waals surface area contributed by atoms with Crippen molar-refractivity contribution in [3.63, 3.8) is 0 Å². The van der Waals surface area contributed by atoms with Crippen molar-refractivity contribution in [2.45, 2.75) is 51.0 Å². The molecule has 2 rings (SSSR count). The maximum Gasteiger partial charge on any atom is 0.407 e. The standard InChI is InChI=1S/C17H24Cl2N2O4S/c1-17(2,3)25-16(22)20-14-6-8-21(9-7-14)26(23,24)11-12-10-13(18)4-5-15(12)19/h4-5,10,14H,6-9,11H2,1-3H3,(H,20,22). The van der Waals surface area contributed by atoms with Crippen molar-refractivity contribution in [1.29, 1.82) is 0 Å². The highest BCUT2D eigenvalue weighted by molar-refractivity contribution is 7.88. The molecule has 0 spiro atoms. The van der Waals surface area contributed by atoms with Gasteiger partial charge in [0.15, 0.2) is 0 Å². The highest BCUT2D eigenvalue weighted by Crippen LogP contribution is 2.25. The Balaban J connectivity index is 1.92. The number of nitrogens with one attached hydrogen (secondary N) is 1. The molecule has 6 nitrogen and oxygen atoms in total. The van der Waals surface area contributed by atoms with Crippen LogP contribution in [0.3, 0.4) is 0 Å². The average molecular weight is 423 g/mol. The molecule has 1 aromatic carbocycles. The summed E-state index contributed by atoms with van der Waals surface area (Å²) in [5.74, 6) is -0.198. The molecule has 0 unspecified atom stereocenters. The van der Waals surface area contributed by atoms with Crippen molar-refractivity contribution in [2.75, 3.05) is 13.1 Å². The minimum absolute atomic E-state index is 0.106. The highest BCUT2D eigenvalue weighted by Gasteiger charge is 2.30. The number of carbonyl (C=O) groups excluding carboxylic acids is 1. The van der Waals surface area contributed by atoms with Gasteiger partial charge in [-0.15, -0.1) is 0 Å². The van der Waals surface area contributed by atoms with Gasteiger partial charge in [0.05, 0.1) is 5.75 Å². The lowest BCUT2D eigenvalue weighted by Gasteiger charge is -2.32. The van der Waals surface area contributed by atoms with E-state index in [1.54, 1.807) is 39.0 Å². The van der Waals surface area contributed by atoms with Crippen LogP contribution >= 0.6 is 23.2 Å². The van der Waals surface area contributed by atoms with Gasteiger partial charge in [-0.2, -0.15) is 0 Å². The van der Waals surface area contributed by atoms with Crippen molar-refractivity contribution in [3.8, 4) is 0 Å². The zero-order valence-electron chi connectivity index (χ0n) is 15.1. The molecule has 0 radical (unpaired) electrons. The Morgan fingerprint density at radius 1 is 1.27 bits per heavy atom. The summed E-state index contributed by atoms with van der Waals surface area (Å²) < 4.78 is 32.0. The van der Waals surface area contributed by atoms with E-state index < -0.39 is 21.7 Å². The number of carbonyl (C=O) groups is 1. The summed E-state index contributed by atoms with van der Waals surface area (Å²) in [5.41, 5.74) is -0.0853. The largest absolute Gasteiger partial charge is 0.444 e. The third kappa shape index (κ3) is 6.30. The summed E-state index contributed by atoms with van der Waals surface area (Å²) in [6, 6.07) is 4.67. The van der Waals surface area contributed by atoms with Gasteiger partial charge in [-0.1, -0.05) is 23.2 Å². The number of alkyl carbamates (subject to hydrolysis) is 1. The number of amides is 1. The maximum atomic E-state index is 12.6. The molecule has 1 amide bonds. The van der Waals surface area contributed by atoms with E-state index in [9.17, 15) is 13.2 Å². The second-order valence-corrected chi connectivity index (χ2v) is 10.1. The first kappa shape index (κ1) is 21.3. The quantitative estimate of drug-likeness (QED) is 0.799. The van der Waals surface area contributed by atoms with Crippen molar-refractivity contribution >= 4 is 39.3 Å². The van der Waals surface area contributed by atoms with E-state index in [-0.39, 0.29) is 11.8 Å². The van der Waals surface area contributed by atoms with E-state index in [1.165, 1.54) is 4.31 Å². The fourth-order valence-corrected chi connectivity index (χ4v) is 4.73. The van der Waals surface area contributed by atoms with Gasteiger partial charge in [0.2, 0.25) is 10.0 Å². The molecule has 146 valence electrons. The summed E-state index contributed by atoms with van der Waals surface area (Å²) in [7, 11) is -3.51. The van der Waals surface area contributed by atoms with Crippen LogP contribution < -0.4 is 5.32 Å². The Morgan fingerprint density at radius 3 is 2.46 bits per heavy atom. The molecule has 1 fully saturated rings. The first-order chi connectivity index (χ1) is 12.0. The Kier molecular flexibility index (Phi) is 6.82. The van der Waals surface area contributed by atoms with Gasteiger partial charge < -0.3 is 10.1 Å². The first-order valence-electron chi connectivity index (χ1n) is 8.37. The van der Waals surface area contributed by atoms with Gasteiger partial charge >= 0.3 is 6.09 Å². The van der Waals surface area contributed by atoms with Crippen molar-refractivity contribution in [2.24, 2.45) is 0 Å². The molecule has 26 heavy (non-hydrogen) atoms. The lowest BCUT2D eigenvalue weighted by Crippen LogP contribution is -2.47. The summed E-state index contributed by atoms with van der Waals surface area (Å²) in [4.78, 5) is 11.8. The van der Waals surface area contributed by atoms with Gasteiger partial charge in [0.1, 0.15) is 5.60 Å². The highest BCUT2D eigenvalue weighted by atomic mass is 35.5. The third-order valence-electron chi connectivity index (χ3n) is 3.91. The topological polar surface area (TPSA) is 75.7 Å². The number of ether oxygens (including phenoxy) is 1. The van der Waals surface area contributed by atoms with Crippen LogP contribution in [0.5, 0.6) is 0 Å². The molecule has 0 bridgehead atoms. The van der Waals surface area contributed by atoms with Crippen LogP contribution in [-0.2, 0) is 20.5 Å². The monoisotopic (exact) mass is 422 g/mol. The number of hydrogen-bond acceptors (Lipinski definition) is 4. The van der Waals surface area contributed by atoms with Crippen LogP contribution in [0.25, 0.3) is 0 Å². The lowest BCUT2D eigenvalue weighted by molar-refractivity contribution is 0.0489. The van der Waals surface area contributed by atoms with E-state index in [4.69, 9.17) is 27.9 Å². The van der Waals surface area contributed by atoms with Crippen molar-refractivity contribution < 1.29 is 17.9 Å². The Hall–Kier alpha value is -1.02. The molecule has 0 aromatic heterocycles. The fourth-order valence-electron chi connectivity index (χ4n) is 2.69. The molecular weight excluding hydrogens is 399 g/mol. The van der Waals surface area contributed by atoms with Crippen LogP contribution in [0.1, 0.15) is 39.2 Å². The number of piperidine rings is 1. The van der Waals surface area contributed by atoms with Gasteiger partial charge in [-0.05, 0) is 57.4 Å². The second-order valence-electron chi connectivity index (χ2n) is 7.31. The van der Waals surface area contributed by atoms with Crippen LogP contribution in [0.2, 0.25) is 10.0 Å². The molecule has 0 aliphatic carbocycles. The molecule has 1 saturated heterocycles. The number of sulfonamides is 1. The number of hydrogen-bond donors (Lipinski definition) is 1. The van der Waals surface area contributed by atoms with Gasteiger partial charge in [0, 0.05) is 29.2 Å². The predicted molar refractivity (Wildman–Crippen MR) is 103 cm³/mol. The number of halogens is 2. The van der Waals surface area contributed by atoms with Crippen LogP contribution in [0.15, 0.2) is 18.2 Å². The Bertz CT molecular complexity index is 755. The van der Waals surface area contributed by atoms with Crippen molar-refractivity contribution in [3.05, 3.63) is 33.8 Å². The predicted octanol–water partition coefficient (Wildman–Crippen LogP) is 3.81. The summed E-state index contributed by atoms with van der Waals surface area (Å²) >= 11 is 12.0. The number of benzene rings is 1. The fraction of sp³-hybridized carbons (Fsp3) is 0.588. The zero-order chi connectivity index (χ0) is 19.5. The maximum absolute atomic E-state index is 12.6. The van der Waals surface area contributed by atoms with E-state index in [0.29, 0.717) is 41.5 Å². The molecule has 0 atom stereocenters. The molecule has 0 saturated carbocycles. The minimum Gasteiger partial charge on any atom is -0.444 e. The van der Waals surface area contributed by atoms with Gasteiger partial charge in [-0.3, -0.25) is 0 Å². The first-order valence-corrected chi connectivity index (χ1v) is 10.7. The van der Waals surface area contributed by atoms with Gasteiger partial charge in [-0.25, -0.2) is 17.5 Å². The van der Waals surface area contributed by atoms with Gasteiger partial charge in [0.25, 0.3) is 0 Å². The molecule has 1 heterocycles. The van der Waals surface area contributed by atoms with Crippen LogP contribution in [-0.4, -0.2) is 43.5 Å². The van der Waals surface area contributed by atoms with E-state index in [0.717, 1.165) is 0 Å². The van der Waals surface area contributed by atoms with E-state index in [2.05, 4.69) is 5.32 Å². The molecule has 1 aliphatic heterocycles. The SMILES string of the molecule is CC(C)(C)OC(=O)NC1CCN(S(=O)(=O)Cc2cc(Cl)ccc2Cl)CC1. The van der Waals surface area contributed by atoms with Crippen LogP contribution in [0.4, 0.5) is 4.79 Å². The normalized spacial score (nSPS) is 17.1. The van der Waals surface area contributed by atoms with E-state index in [1.807, 2.05) is 0 Å². The Labute approximate surface area is 164 Å². The second kappa shape index (κ2) is 8.33. The molecule has 1 N–H and O–H groups in total. The van der Waals surface area contributed by atoms with Crippen molar-refractivity contribution in [1.82, 2.24) is 9.62 Å². The lowest BCUT2D eigenvalue weighted by atomic mass is 10.1. The smallest absolute Gasteiger partial charge is 0.407 e. The minimum atomic E-state index is -3.51. The number of rotatable bonds is 4. The van der Waals surface area contributed by atoms with Crippen LogP contribution in [0, 0.1) is 0 Å². The molecule has 1 aliphatic rings. The molecule has 9 heteroatoms. The zero-order valence-corrected chi connectivity index (χ0v) is 17.4. The Morgan fingerprint density at radius 2 is 1.88 bits per heavy atom. The third-order valence-corrected chi connectivity index (χ3v) is 6.35. The average Bonchev–Trinajstić information content (AvgIpc) is 2.49. The molecular formula is C17H24Cl2N2O4S. The summed E-state index contributed by atoms with van der Waals surface area (Å²) in [6.07, 6.45) is 0.577. The number of nitrogens with zero attached hydrogens (tertiary/aromatic N) is 1. The molecule has 1 aromatic rings.